The molecule has 0 amide bonds. The molecule has 0 fully saturated rings. The van der Waals surface area contributed by atoms with Gasteiger partial charge in [-0.1, -0.05) is 6.92 Å². The predicted molar refractivity (Wildman–Crippen MR) is 64.0 cm³/mol. The van der Waals surface area contributed by atoms with Crippen molar-refractivity contribution < 1.29 is 14.3 Å². The van der Waals surface area contributed by atoms with Crippen LogP contribution in [0.25, 0.3) is 0 Å². The summed E-state index contributed by atoms with van der Waals surface area (Å²) in [6.45, 7) is 3.24. The van der Waals surface area contributed by atoms with E-state index in [4.69, 9.17) is 9.47 Å². The standard InChI is InChI=1S/C12H17N3O3/c1-4-9(17-2)11-14-8-6-13-5-7(8)10(15-11)12(16)18-3/h9,13H,4-6H2,1-3H3. The van der Waals surface area contributed by atoms with Gasteiger partial charge in [-0.15, -0.1) is 0 Å². The molecule has 6 heteroatoms. The summed E-state index contributed by atoms with van der Waals surface area (Å²) in [5.74, 6) is 0.118. The predicted octanol–water partition coefficient (Wildman–Crippen LogP) is 0.964. The number of esters is 1. The molecule has 1 aromatic heterocycles. The monoisotopic (exact) mass is 251 g/mol. The molecule has 18 heavy (non-hydrogen) atoms. The molecule has 6 nitrogen and oxygen atoms in total. The Morgan fingerprint density at radius 3 is 2.78 bits per heavy atom. The third-order valence-electron chi connectivity index (χ3n) is 3.03. The van der Waals surface area contributed by atoms with E-state index < -0.39 is 5.97 Å². The summed E-state index contributed by atoms with van der Waals surface area (Å²) >= 11 is 0. The Labute approximate surface area is 106 Å². The van der Waals surface area contributed by atoms with E-state index in [9.17, 15) is 4.79 Å². The molecule has 1 unspecified atom stereocenters. The van der Waals surface area contributed by atoms with E-state index >= 15 is 0 Å². The van der Waals surface area contributed by atoms with Crippen molar-refractivity contribution in [2.45, 2.75) is 32.5 Å². The van der Waals surface area contributed by atoms with Crippen LogP contribution in [-0.2, 0) is 22.6 Å². The SMILES string of the molecule is CCC(OC)c1nc2c(c(C(=O)OC)n1)CNC2. The molecule has 0 saturated heterocycles. The number of nitrogens with one attached hydrogen (secondary N) is 1. The normalized spacial score (nSPS) is 15.3. The Morgan fingerprint density at radius 2 is 2.17 bits per heavy atom. The summed E-state index contributed by atoms with van der Waals surface area (Å²) in [5, 5.41) is 3.16. The van der Waals surface area contributed by atoms with E-state index in [-0.39, 0.29) is 6.10 Å². The van der Waals surface area contributed by atoms with Crippen LogP contribution >= 0.6 is 0 Å². The van der Waals surface area contributed by atoms with Gasteiger partial charge < -0.3 is 14.8 Å². The van der Waals surface area contributed by atoms with Gasteiger partial charge in [0, 0.05) is 25.8 Å². The highest BCUT2D eigenvalue weighted by molar-refractivity contribution is 5.89. The first-order valence-corrected chi connectivity index (χ1v) is 5.92. The highest BCUT2D eigenvalue weighted by Crippen LogP contribution is 2.23. The fraction of sp³-hybridized carbons (Fsp3) is 0.583. The van der Waals surface area contributed by atoms with Crippen LogP contribution in [0.3, 0.4) is 0 Å². The van der Waals surface area contributed by atoms with Crippen LogP contribution < -0.4 is 5.32 Å². The van der Waals surface area contributed by atoms with Gasteiger partial charge in [-0.05, 0) is 6.42 Å². The van der Waals surface area contributed by atoms with Crippen molar-refractivity contribution in [3.05, 3.63) is 22.8 Å². The van der Waals surface area contributed by atoms with Gasteiger partial charge in [0.05, 0.1) is 12.8 Å². The molecule has 2 rings (SSSR count). The van der Waals surface area contributed by atoms with Crippen molar-refractivity contribution in [3.8, 4) is 0 Å². The second-order valence-electron chi connectivity index (χ2n) is 4.08. The van der Waals surface area contributed by atoms with Gasteiger partial charge in [0.15, 0.2) is 11.5 Å². The van der Waals surface area contributed by atoms with Crippen molar-refractivity contribution in [1.29, 1.82) is 0 Å². The smallest absolute Gasteiger partial charge is 0.357 e. The van der Waals surface area contributed by atoms with E-state index in [1.54, 1.807) is 7.11 Å². The van der Waals surface area contributed by atoms with Gasteiger partial charge in [0.2, 0.25) is 0 Å². The molecule has 0 spiro atoms. The number of aromatic nitrogens is 2. The fourth-order valence-corrected chi connectivity index (χ4v) is 2.05. The number of ether oxygens (including phenoxy) is 2. The average Bonchev–Trinajstić information content (AvgIpc) is 2.86. The maximum atomic E-state index is 11.7. The molecule has 1 N–H and O–H groups in total. The molecule has 0 aromatic carbocycles. The second-order valence-corrected chi connectivity index (χ2v) is 4.08. The number of rotatable bonds is 4. The first-order chi connectivity index (χ1) is 8.71. The quantitative estimate of drug-likeness (QED) is 0.804. The van der Waals surface area contributed by atoms with Crippen molar-refractivity contribution in [2.24, 2.45) is 0 Å². The summed E-state index contributed by atoms with van der Waals surface area (Å²) in [6, 6.07) is 0. The summed E-state index contributed by atoms with van der Waals surface area (Å²) in [4.78, 5) is 20.5. The Balaban J connectivity index is 2.48. The number of hydrogen-bond donors (Lipinski definition) is 1. The van der Waals surface area contributed by atoms with E-state index in [0.29, 0.717) is 24.6 Å². The Kier molecular flexibility index (Phi) is 3.88. The number of hydrogen-bond acceptors (Lipinski definition) is 6. The van der Waals surface area contributed by atoms with E-state index in [0.717, 1.165) is 17.7 Å². The molecule has 1 atom stereocenters. The van der Waals surface area contributed by atoms with Crippen LogP contribution in [0.1, 0.15) is 47.0 Å². The maximum absolute atomic E-state index is 11.7. The minimum absolute atomic E-state index is 0.195. The average molecular weight is 251 g/mol. The van der Waals surface area contributed by atoms with Gasteiger partial charge in [-0.25, -0.2) is 14.8 Å². The topological polar surface area (TPSA) is 73.3 Å². The molecule has 0 radical (unpaired) electrons. The lowest BCUT2D eigenvalue weighted by Gasteiger charge is -2.14. The molecule has 2 heterocycles. The zero-order valence-corrected chi connectivity index (χ0v) is 10.8. The van der Waals surface area contributed by atoms with Crippen LogP contribution in [0.4, 0.5) is 0 Å². The minimum atomic E-state index is -0.426. The van der Waals surface area contributed by atoms with Crippen LogP contribution in [0.5, 0.6) is 0 Å². The molecule has 98 valence electrons. The molecule has 0 bridgehead atoms. The van der Waals surface area contributed by atoms with Gasteiger partial charge in [0.1, 0.15) is 6.10 Å². The van der Waals surface area contributed by atoms with Crippen LogP contribution in [0.2, 0.25) is 0 Å². The molecular weight excluding hydrogens is 234 g/mol. The molecule has 0 aliphatic carbocycles. The summed E-state index contributed by atoms with van der Waals surface area (Å²) in [5.41, 5.74) is 2.03. The minimum Gasteiger partial charge on any atom is -0.464 e. The highest BCUT2D eigenvalue weighted by Gasteiger charge is 2.25. The Hall–Kier alpha value is -1.53. The third kappa shape index (κ3) is 2.21. The first-order valence-electron chi connectivity index (χ1n) is 5.92. The van der Waals surface area contributed by atoms with E-state index in [1.165, 1.54) is 7.11 Å². The molecule has 1 aliphatic heterocycles. The van der Waals surface area contributed by atoms with Gasteiger partial charge >= 0.3 is 5.97 Å². The summed E-state index contributed by atoms with van der Waals surface area (Å²) in [7, 11) is 2.97. The van der Waals surface area contributed by atoms with Crippen molar-refractivity contribution in [2.75, 3.05) is 14.2 Å². The molecular formula is C12H17N3O3. The van der Waals surface area contributed by atoms with Crippen molar-refractivity contribution in [3.63, 3.8) is 0 Å². The molecule has 1 aromatic rings. The number of carbonyl (C=O) groups is 1. The number of nitrogens with zero attached hydrogens (tertiary/aromatic N) is 2. The van der Waals surface area contributed by atoms with Gasteiger partial charge in [0.25, 0.3) is 0 Å². The summed E-state index contributed by atoms with van der Waals surface area (Å²) < 4.78 is 10.1. The lowest BCUT2D eigenvalue weighted by molar-refractivity contribution is 0.0587. The van der Waals surface area contributed by atoms with Crippen LogP contribution in [0, 0.1) is 0 Å². The lowest BCUT2D eigenvalue weighted by atomic mass is 10.1. The molecule has 1 aliphatic rings. The molecule has 0 saturated carbocycles. The van der Waals surface area contributed by atoms with Crippen molar-refractivity contribution in [1.82, 2.24) is 15.3 Å². The second kappa shape index (κ2) is 5.41. The first kappa shape index (κ1) is 12.9. The lowest BCUT2D eigenvalue weighted by Crippen LogP contribution is -2.15. The van der Waals surface area contributed by atoms with E-state index in [1.807, 2.05) is 6.92 Å². The largest absolute Gasteiger partial charge is 0.464 e. The van der Waals surface area contributed by atoms with Crippen molar-refractivity contribution >= 4 is 5.97 Å². The zero-order chi connectivity index (χ0) is 13.1. The highest BCUT2D eigenvalue weighted by atomic mass is 16.5. The van der Waals surface area contributed by atoms with Crippen LogP contribution in [0.15, 0.2) is 0 Å². The maximum Gasteiger partial charge on any atom is 0.357 e. The summed E-state index contributed by atoms with van der Waals surface area (Å²) in [6.07, 6.45) is 0.558. The van der Waals surface area contributed by atoms with Gasteiger partial charge in [-0.3, -0.25) is 0 Å². The van der Waals surface area contributed by atoms with Crippen LogP contribution in [-0.4, -0.2) is 30.2 Å². The third-order valence-corrected chi connectivity index (χ3v) is 3.03. The number of fused-ring (bicyclic) bond motifs is 1. The van der Waals surface area contributed by atoms with E-state index in [2.05, 4.69) is 15.3 Å². The van der Waals surface area contributed by atoms with Gasteiger partial charge in [-0.2, -0.15) is 0 Å². The fourth-order valence-electron chi connectivity index (χ4n) is 2.05. The number of methoxy groups -OCH3 is 2. The Morgan fingerprint density at radius 1 is 1.39 bits per heavy atom. The number of carbonyl (C=O) groups excluding carboxylic acids is 1. The Bertz CT molecular complexity index is 458. The zero-order valence-electron chi connectivity index (χ0n) is 10.8.